The van der Waals surface area contributed by atoms with Crippen LogP contribution in [0.5, 0.6) is 0 Å². The zero-order chi connectivity index (χ0) is 20.3. The molecule has 0 atom stereocenters. The number of rotatable bonds is 8. The molecule has 0 amide bonds. The van der Waals surface area contributed by atoms with Gasteiger partial charge in [0.2, 0.25) is 0 Å². The minimum atomic E-state index is 0.331. The molecule has 0 radical (unpaired) electrons. The molecule has 152 valence electrons. The molecule has 0 bridgehead atoms. The molecule has 3 aromatic heterocycles. The molecule has 30 heavy (non-hydrogen) atoms. The summed E-state index contributed by atoms with van der Waals surface area (Å²) in [6.07, 6.45) is 4.37. The lowest BCUT2D eigenvalue weighted by atomic mass is 10.00. The zero-order valence-electron chi connectivity index (χ0n) is 16.7. The molecule has 1 aliphatic heterocycles. The Morgan fingerprint density at radius 3 is 2.87 bits per heavy atom. The molecule has 0 aliphatic carbocycles. The molecule has 0 spiro atoms. The summed E-state index contributed by atoms with van der Waals surface area (Å²) in [5.74, 6) is 2.15. The SMILES string of the molecule is C=C(NCc1ccccn1)c1coc(C2CN(CCc3nc4ccccc4[nH]3)C2)n1. The number of nitrogens with zero attached hydrogens (tertiary/aromatic N) is 4. The fourth-order valence-electron chi connectivity index (χ4n) is 3.70. The van der Waals surface area contributed by atoms with Crippen molar-refractivity contribution >= 4 is 16.7 Å². The fourth-order valence-corrected chi connectivity index (χ4v) is 3.70. The minimum Gasteiger partial charge on any atom is -0.448 e. The van der Waals surface area contributed by atoms with E-state index in [1.807, 2.05) is 36.4 Å². The molecular weight excluding hydrogens is 376 g/mol. The highest BCUT2D eigenvalue weighted by Gasteiger charge is 2.31. The van der Waals surface area contributed by atoms with Crippen LogP contribution in [0.4, 0.5) is 0 Å². The Balaban J connectivity index is 1.09. The van der Waals surface area contributed by atoms with Crippen molar-refractivity contribution in [2.45, 2.75) is 18.9 Å². The van der Waals surface area contributed by atoms with Crippen molar-refractivity contribution in [3.05, 3.63) is 84.6 Å². The van der Waals surface area contributed by atoms with Crippen LogP contribution >= 0.6 is 0 Å². The third-order valence-electron chi connectivity index (χ3n) is 5.45. The highest BCUT2D eigenvalue weighted by Crippen LogP contribution is 2.27. The van der Waals surface area contributed by atoms with Gasteiger partial charge in [-0.05, 0) is 24.3 Å². The summed E-state index contributed by atoms with van der Waals surface area (Å²) in [6, 6.07) is 14.0. The number of hydrogen-bond donors (Lipinski definition) is 2. The molecule has 1 fully saturated rings. The van der Waals surface area contributed by atoms with Crippen molar-refractivity contribution in [1.82, 2.24) is 30.2 Å². The molecule has 4 heterocycles. The Morgan fingerprint density at radius 2 is 2.03 bits per heavy atom. The van der Waals surface area contributed by atoms with Crippen LogP contribution < -0.4 is 5.32 Å². The largest absolute Gasteiger partial charge is 0.448 e. The van der Waals surface area contributed by atoms with Crippen molar-refractivity contribution in [1.29, 1.82) is 0 Å². The van der Waals surface area contributed by atoms with Crippen LogP contribution in [-0.2, 0) is 13.0 Å². The molecular formula is C23H24N6O. The molecule has 7 nitrogen and oxygen atoms in total. The van der Waals surface area contributed by atoms with Gasteiger partial charge in [-0.3, -0.25) is 4.98 Å². The Morgan fingerprint density at radius 1 is 1.17 bits per heavy atom. The lowest BCUT2D eigenvalue weighted by molar-refractivity contribution is 0.131. The van der Waals surface area contributed by atoms with Gasteiger partial charge >= 0.3 is 0 Å². The Kier molecular flexibility index (Phi) is 5.03. The second kappa shape index (κ2) is 8.12. The van der Waals surface area contributed by atoms with Gasteiger partial charge in [0.25, 0.3) is 0 Å². The highest BCUT2D eigenvalue weighted by atomic mass is 16.3. The van der Waals surface area contributed by atoms with E-state index in [1.165, 1.54) is 0 Å². The van der Waals surface area contributed by atoms with Crippen LogP contribution in [0.25, 0.3) is 16.7 Å². The van der Waals surface area contributed by atoms with Gasteiger partial charge in [-0.15, -0.1) is 0 Å². The summed E-state index contributed by atoms with van der Waals surface area (Å²) in [7, 11) is 0. The minimum absolute atomic E-state index is 0.331. The topological polar surface area (TPSA) is 82.9 Å². The first kappa shape index (κ1) is 18.6. The summed E-state index contributed by atoms with van der Waals surface area (Å²) >= 11 is 0. The fraction of sp³-hybridized carbons (Fsp3) is 0.261. The van der Waals surface area contributed by atoms with Crippen LogP contribution in [-0.4, -0.2) is 44.5 Å². The van der Waals surface area contributed by atoms with Gasteiger partial charge in [0.1, 0.15) is 17.8 Å². The number of pyridine rings is 1. The molecule has 7 heteroatoms. The maximum atomic E-state index is 5.72. The lowest BCUT2D eigenvalue weighted by Crippen LogP contribution is -2.46. The Hall–Kier alpha value is -3.45. The van der Waals surface area contributed by atoms with E-state index < -0.39 is 0 Å². The number of hydrogen-bond acceptors (Lipinski definition) is 6. The number of para-hydroxylation sites is 2. The third kappa shape index (κ3) is 3.97. The number of H-pyrrole nitrogens is 1. The standard InChI is InChI=1S/C23H24N6O/c1-16(25-12-18-6-4-5-10-24-18)21-15-30-23(28-21)17-13-29(14-17)11-9-22-26-19-7-2-3-8-20(19)27-22/h2-8,10,15,17,25H,1,9,11-14H2,(H,26,27). The highest BCUT2D eigenvalue weighted by molar-refractivity contribution is 5.74. The quantitative estimate of drug-likeness (QED) is 0.472. The van der Waals surface area contributed by atoms with E-state index in [9.17, 15) is 0 Å². The van der Waals surface area contributed by atoms with Crippen LogP contribution in [0, 0.1) is 0 Å². The molecule has 1 aliphatic rings. The molecule has 2 N–H and O–H groups in total. The third-order valence-corrected chi connectivity index (χ3v) is 5.45. The van der Waals surface area contributed by atoms with Crippen LogP contribution in [0.1, 0.15) is 29.0 Å². The molecule has 5 rings (SSSR count). The molecule has 1 saturated heterocycles. The predicted molar refractivity (Wildman–Crippen MR) is 116 cm³/mol. The number of fused-ring (bicyclic) bond motifs is 1. The van der Waals surface area contributed by atoms with Crippen molar-refractivity contribution in [3.63, 3.8) is 0 Å². The number of imidazole rings is 1. The Labute approximate surface area is 174 Å². The number of nitrogens with one attached hydrogen (secondary N) is 2. The molecule has 4 aromatic rings. The van der Waals surface area contributed by atoms with Gasteiger partial charge < -0.3 is 19.6 Å². The molecule has 0 saturated carbocycles. The average Bonchev–Trinajstić information content (AvgIpc) is 3.38. The van der Waals surface area contributed by atoms with E-state index in [4.69, 9.17) is 4.42 Å². The number of likely N-dealkylation sites (tertiary alicyclic amines) is 1. The number of aromatic nitrogens is 4. The normalized spacial score (nSPS) is 14.7. The Bertz CT molecular complexity index is 1110. The second-order valence-corrected chi connectivity index (χ2v) is 7.63. The lowest BCUT2D eigenvalue weighted by Gasteiger charge is -2.37. The monoisotopic (exact) mass is 400 g/mol. The summed E-state index contributed by atoms with van der Waals surface area (Å²) < 4.78 is 5.72. The van der Waals surface area contributed by atoms with Gasteiger partial charge in [0.05, 0.1) is 34.9 Å². The number of aromatic amines is 1. The summed E-state index contributed by atoms with van der Waals surface area (Å²) in [4.78, 5) is 19.4. The van der Waals surface area contributed by atoms with Crippen LogP contribution in [0.2, 0.25) is 0 Å². The smallest absolute Gasteiger partial charge is 0.200 e. The first-order valence-corrected chi connectivity index (χ1v) is 10.2. The first-order valence-electron chi connectivity index (χ1n) is 10.2. The predicted octanol–water partition coefficient (Wildman–Crippen LogP) is 3.35. The van der Waals surface area contributed by atoms with Gasteiger partial charge in [0.15, 0.2) is 5.89 Å². The van der Waals surface area contributed by atoms with Gasteiger partial charge in [-0.1, -0.05) is 24.8 Å². The van der Waals surface area contributed by atoms with Crippen LogP contribution in [0.15, 0.2) is 65.9 Å². The van der Waals surface area contributed by atoms with E-state index in [-0.39, 0.29) is 0 Å². The van der Waals surface area contributed by atoms with E-state index >= 15 is 0 Å². The zero-order valence-corrected chi connectivity index (χ0v) is 16.7. The van der Waals surface area contributed by atoms with Crippen molar-refractivity contribution < 1.29 is 4.42 Å². The first-order chi connectivity index (χ1) is 14.7. The second-order valence-electron chi connectivity index (χ2n) is 7.63. The maximum Gasteiger partial charge on any atom is 0.200 e. The number of oxazole rings is 1. The van der Waals surface area contributed by atoms with Gasteiger partial charge in [-0.2, -0.15) is 0 Å². The number of benzene rings is 1. The van der Waals surface area contributed by atoms with Crippen molar-refractivity contribution in [3.8, 4) is 0 Å². The van der Waals surface area contributed by atoms with Crippen molar-refractivity contribution in [2.75, 3.05) is 19.6 Å². The summed E-state index contributed by atoms with van der Waals surface area (Å²) in [6.45, 7) is 7.56. The molecule has 1 aromatic carbocycles. The van der Waals surface area contributed by atoms with E-state index in [0.29, 0.717) is 12.5 Å². The van der Waals surface area contributed by atoms with E-state index in [0.717, 1.165) is 65.9 Å². The van der Waals surface area contributed by atoms with Crippen LogP contribution in [0.3, 0.4) is 0 Å². The summed E-state index contributed by atoms with van der Waals surface area (Å²) in [5.41, 5.74) is 4.58. The van der Waals surface area contributed by atoms with Crippen molar-refractivity contribution in [2.24, 2.45) is 0 Å². The van der Waals surface area contributed by atoms with Gasteiger partial charge in [0, 0.05) is 32.3 Å². The van der Waals surface area contributed by atoms with Gasteiger partial charge in [-0.25, -0.2) is 9.97 Å². The summed E-state index contributed by atoms with van der Waals surface area (Å²) in [5, 5.41) is 3.26. The van der Waals surface area contributed by atoms with E-state index in [1.54, 1.807) is 12.5 Å². The van der Waals surface area contributed by atoms with E-state index in [2.05, 4.69) is 42.8 Å². The molecule has 0 unspecified atom stereocenters. The average molecular weight is 400 g/mol. The maximum absolute atomic E-state index is 5.72.